The average molecular weight is 456 g/mol. The summed E-state index contributed by atoms with van der Waals surface area (Å²) < 4.78 is 12.8. The lowest BCUT2D eigenvalue weighted by Crippen LogP contribution is -2.07. The maximum Gasteiger partial charge on any atom is 0.200 e. The maximum atomic E-state index is 13.0. The van der Waals surface area contributed by atoms with Crippen molar-refractivity contribution in [3.63, 3.8) is 0 Å². The summed E-state index contributed by atoms with van der Waals surface area (Å²) in [6.45, 7) is 2.18. The van der Waals surface area contributed by atoms with E-state index in [2.05, 4.69) is 15.9 Å². The molecule has 3 nitrogen and oxygen atoms in total. The number of rotatable bonds is 4. The first-order valence-electron chi connectivity index (χ1n) is 8.72. The fraction of sp³-hybridized carbons (Fsp3) is 0.0870. The van der Waals surface area contributed by atoms with E-state index in [1.165, 1.54) is 0 Å². The van der Waals surface area contributed by atoms with Gasteiger partial charge in [-0.2, -0.15) is 0 Å². The highest BCUT2D eigenvalue weighted by Gasteiger charge is 2.14. The number of hydrogen-bond donors (Lipinski definition) is 0. The molecule has 1 aromatic heterocycles. The van der Waals surface area contributed by atoms with Crippen LogP contribution in [0.2, 0.25) is 5.02 Å². The molecule has 0 bridgehead atoms. The zero-order valence-corrected chi connectivity index (χ0v) is 17.4. The molecule has 0 aliphatic carbocycles. The highest BCUT2D eigenvalue weighted by molar-refractivity contribution is 9.10. The summed E-state index contributed by atoms with van der Waals surface area (Å²) in [4.78, 5) is 13.0. The first-order chi connectivity index (χ1) is 13.5. The second-order valence-corrected chi connectivity index (χ2v) is 7.80. The van der Waals surface area contributed by atoms with Gasteiger partial charge < -0.3 is 9.15 Å². The molecule has 3 aromatic carbocycles. The molecular weight excluding hydrogens is 440 g/mol. The van der Waals surface area contributed by atoms with Crippen molar-refractivity contribution < 1.29 is 9.15 Å². The smallest absolute Gasteiger partial charge is 0.200 e. The summed E-state index contributed by atoms with van der Waals surface area (Å²) in [7, 11) is 0. The summed E-state index contributed by atoms with van der Waals surface area (Å²) in [6.07, 6.45) is 0. The third kappa shape index (κ3) is 3.84. The van der Waals surface area contributed by atoms with Gasteiger partial charge in [-0.15, -0.1) is 0 Å². The Balaban J connectivity index is 1.68. The monoisotopic (exact) mass is 454 g/mol. The molecule has 28 heavy (non-hydrogen) atoms. The lowest BCUT2D eigenvalue weighted by molar-refractivity contribution is 0.306. The van der Waals surface area contributed by atoms with Gasteiger partial charge >= 0.3 is 0 Å². The number of hydrogen-bond acceptors (Lipinski definition) is 3. The normalized spacial score (nSPS) is 11.0. The fourth-order valence-electron chi connectivity index (χ4n) is 3.12. The number of fused-ring (bicyclic) bond motifs is 1. The Hall–Kier alpha value is -2.56. The molecule has 0 radical (unpaired) electrons. The molecule has 0 N–H and O–H groups in total. The van der Waals surface area contributed by atoms with Crippen LogP contribution in [0.4, 0.5) is 0 Å². The summed E-state index contributed by atoms with van der Waals surface area (Å²) in [6, 6.07) is 20.4. The van der Waals surface area contributed by atoms with Crippen molar-refractivity contribution in [1.29, 1.82) is 0 Å². The van der Waals surface area contributed by atoms with Crippen molar-refractivity contribution in [2.45, 2.75) is 13.5 Å². The van der Waals surface area contributed by atoms with Gasteiger partial charge in [0.05, 0.1) is 10.9 Å². The SMILES string of the molecule is Cc1oc2cc(OCc3cccc(Cl)c3)ccc2c(=O)c1-c1ccc(Br)cc1. The first kappa shape index (κ1) is 18.8. The molecule has 4 aromatic rings. The van der Waals surface area contributed by atoms with Gasteiger partial charge in [-0.1, -0.05) is 51.8 Å². The van der Waals surface area contributed by atoms with Crippen LogP contribution < -0.4 is 10.2 Å². The van der Waals surface area contributed by atoms with E-state index in [0.717, 1.165) is 15.6 Å². The maximum absolute atomic E-state index is 13.0. The molecule has 5 heteroatoms. The zero-order chi connectivity index (χ0) is 19.7. The lowest BCUT2D eigenvalue weighted by Gasteiger charge is -2.10. The fourth-order valence-corrected chi connectivity index (χ4v) is 3.60. The standard InChI is InChI=1S/C23H16BrClO3/c1-14-22(16-5-7-17(24)8-6-16)23(26)20-10-9-19(12-21(20)28-14)27-13-15-3-2-4-18(25)11-15/h2-12H,13H2,1H3. The van der Waals surface area contributed by atoms with Crippen molar-refractivity contribution in [3.05, 3.63) is 97.8 Å². The van der Waals surface area contributed by atoms with E-state index < -0.39 is 0 Å². The third-order valence-electron chi connectivity index (χ3n) is 4.47. The lowest BCUT2D eigenvalue weighted by atomic mass is 10.0. The summed E-state index contributed by atoms with van der Waals surface area (Å²) >= 11 is 9.42. The van der Waals surface area contributed by atoms with E-state index >= 15 is 0 Å². The minimum absolute atomic E-state index is 0.0533. The molecule has 0 aliphatic rings. The van der Waals surface area contributed by atoms with Crippen molar-refractivity contribution in [1.82, 2.24) is 0 Å². The van der Waals surface area contributed by atoms with Gasteiger partial charge in [-0.3, -0.25) is 4.79 Å². The van der Waals surface area contributed by atoms with Crippen molar-refractivity contribution in [2.24, 2.45) is 0 Å². The van der Waals surface area contributed by atoms with E-state index in [1.54, 1.807) is 25.1 Å². The van der Waals surface area contributed by atoms with Crippen LogP contribution in [0.5, 0.6) is 5.75 Å². The van der Waals surface area contributed by atoms with Crippen LogP contribution in [0.15, 0.2) is 80.4 Å². The number of ether oxygens (including phenoxy) is 1. The van der Waals surface area contributed by atoms with Gasteiger partial charge in [0, 0.05) is 15.6 Å². The van der Waals surface area contributed by atoms with Crippen LogP contribution in [0.1, 0.15) is 11.3 Å². The Kier molecular flexibility index (Phi) is 5.25. The molecule has 1 heterocycles. The van der Waals surface area contributed by atoms with Crippen LogP contribution in [-0.4, -0.2) is 0 Å². The van der Waals surface area contributed by atoms with E-state index in [1.807, 2.05) is 48.5 Å². The van der Waals surface area contributed by atoms with Crippen molar-refractivity contribution in [2.75, 3.05) is 0 Å². The van der Waals surface area contributed by atoms with Gasteiger partial charge in [-0.25, -0.2) is 0 Å². The molecule has 140 valence electrons. The summed E-state index contributed by atoms with van der Waals surface area (Å²) in [5, 5.41) is 1.19. The summed E-state index contributed by atoms with van der Waals surface area (Å²) in [5.74, 6) is 1.21. The molecule has 0 saturated carbocycles. The van der Waals surface area contributed by atoms with E-state index in [9.17, 15) is 4.79 Å². The molecule has 4 rings (SSSR count). The third-order valence-corrected chi connectivity index (χ3v) is 5.23. The molecule has 0 unspecified atom stereocenters. The molecule has 0 fully saturated rings. The summed E-state index contributed by atoms with van der Waals surface area (Å²) in [5.41, 5.74) is 2.83. The predicted molar refractivity (Wildman–Crippen MR) is 116 cm³/mol. The Bertz CT molecular complexity index is 1210. The van der Waals surface area contributed by atoms with Gasteiger partial charge in [0.25, 0.3) is 0 Å². The second-order valence-electron chi connectivity index (χ2n) is 6.45. The first-order valence-corrected chi connectivity index (χ1v) is 9.89. The Morgan fingerprint density at radius 1 is 1.04 bits per heavy atom. The van der Waals surface area contributed by atoms with Gasteiger partial charge in [0.2, 0.25) is 5.43 Å². The van der Waals surface area contributed by atoms with Crippen LogP contribution >= 0.6 is 27.5 Å². The van der Waals surface area contributed by atoms with Gasteiger partial charge in [0.1, 0.15) is 23.7 Å². The minimum Gasteiger partial charge on any atom is -0.489 e. The van der Waals surface area contributed by atoms with Crippen LogP contribution in [0.25, 0.3) is 22.1 Å². The van der Waals surface area contributed by atoms with Gasteiger partial charge in [0.15, 0.2) is 0 Å². The molecule has 0 aliphatic heterocycles. The Labute approximate surface area is 175 Å². The highest BCUT2D eigenvalue weighted by Crippen LogP contribution is 2.27. The molecule has 0 amide bonds. The quantitative estimate of drug-likeness (QED) is 0.341. The molecule has 0 saturated heterocycles. The van der Waals surface area contributed by atoms with Crippen molar-refractivity contribution >= 4 is 38.5 Å². The van der Waals surface area contributed by atoms with Crippen LogP contribution in [-0.2, 0) is 6.61 Å². The number of halogens is 2. The van der Waals surface area contributed by atoms with E-state index in [4.69, 9.17) is 20.8 Å². The van der Waals surface area contributed by atoms with Gasteiger partial charge in [-0.05, 0) is 54.4 Å². The Morgan fingerprint density at radius 3 is 2.57 bits per heavy atom. The van der Waals surface area contributed by atoms with E-state index in [-0.39, 0.29) is 5.43 Å². The van der Waals surface area contributed by atoms with Crippen LogP contribution in [0, 0.1) is 6.92 Å². The predicted octanol–water partition coefficient (Wildman–Crippen LogP) is 6.76. The number of benzene rings is 3. The molecular formula is C23H16BrClO3. The second kappa shape index (κ2) is 7.82. The molecule has 0 atom stereocenters. The topological polar surface area (TPSA) is 39.4 Å². The molecule has 0 spiro atoms. The zero-order valence-electron chi connectivity index (χ0n) is 15.0. The minimum atomic E-state index is -0.0533. The largest absolute Gasteiger partial charge is 0.489 e. The van der Waals surface area contributed by atoms with Crippen molar-refractivity contribution in [3.8, 4) is 16.9 Å². The number of aryl methyl sites for hydroxylation is 1. The highest BCUT2D eigenvalue weighted by atomic mass is 79.9. The average Bonchev–Trinajstić information content (AvgIpc) is 2.68. The Morgan fingerprint density at radius 2 is 1.82 bits per heavy atom. The van der Waals surface area contributed by atoms with Crippen LogP contribution in [0.3, 0.4) is 0 Å². The van der Waals surface area contributed by atoms with E-state index in [0.29, 0.717) is 39.7 Å².